The minimum absolute atomic E-state index is 0.594. The van der Waals surface area contributed by atoms with E-state index in [2.05, 4.69) is 26.9 Å². The maximum absolute atomic E-state index is 8.52. The summed E-state index contributed by atoms with van der Waals surface area (Å²) >= 11 is 3.47. The van der Waals surface area contributed by atoms with E-state index < -0.39 is 0 Å². The highest BCUT2D eigenvalue weighted by Gasteiger charge is 2.20. The summed E-state index contributed by atoms with van der Waals surface area (Å²) in [5, 5.41) is 9.53. The Balaban J connectivity index is 2.39. The average Bonchev–Trinajstić information content (AvgIpc) is 2.06. The van der Waals surface area contributed by atoms with Crippen molar-refractivity contribution in [3.05, 3.63) is 0 Å². The molecule has 1 unspecified atom stereocenters. The van der Waals surface area contributed by atoms with Crippen LogP contribution in [0.15, 0.2) is 0 Å². The lowest BCUT2D eigenvalue weighted by molar-refractivity contribution is 0.185. The predicted octanol–water partition coefficient (Wildman–Crippen LogP) is 1.76. The highest BCUT2D eigenvalue weighted by atomic mass is 79.9. The highest BCUT2D eigenvalue weighted by Crippen LogP contribution is 2.17. The molecule has 11 heavy (non-hydrogen) atoms. The van der Waals surface area contributed by atoms with E-state index >= 15 is 0 Å². The number of alkyl halides is 1. The molecule has 0 amide bonds. The molecule has 1 atom stereocenters. The Kier molecular flexibility index (Phi) is 3.88. The van der Waals surface area contributed by atoms with Gasteiger partial charge in [-0.05, 0) is 19.4 Å². The number of halogens is 1. The molecule has 3 heteroatoms. The fraction of sp³-hybridized carbons (Fsp3) is 0.875. The van der Waals surface area contributed by atoms with Crippen LogP contribution in [-0.2, 0) is 0 Å². The van der Waals surface area contributed by atoms with E-state index in [9.17, 15) is 0 Å². The molecule has 1 aliphatic rings. The van der Waals surface area contributed by atoms with Crippen LogP contribution in [0.2, 0.25) is 0 Å². The maximum Gasteiger partial charge on any atom is 0.0868 e. The standard InChI is InChI=1S/C8H13BrN2/c9-7-8-3-1-2-5-11(8)6-4-10/h8H,1-3,5-7H2. The van der Waals surface area contributed by atoms with E-state index in [0.717, 1.165) is 11.9 Å². The smallest absolute Gasteiger partial charge is 0.0868 e. The third kappa shape index (κ3) is 2.46. The third-order valence-electron chi connectivity index (χ3n) is 2.20. The molecule has 0 aromatic carbocycles. The van der Waals surface area contributed by atoms with Crippen molar-refractivity contribution in [2.45, 2.75) is 25.3 Å². The molecule has 1 aliphatic heterocycles. The Bertz CT molecular complexity index is 153. The molecule has 0 N–H and O–H groups in total. The molecule has 1 rings (SSSR count). The number of rotatable bonds is 2. The van der Waals surface area contributed by atoms with Gasteiger partial charge in [0.25, 0.3) is 0 Å². The lowest BCUT2D eigenvalue weighted by Gasteiger charge is -2.32. The zero-order valence-corrected chi connectivity index (χ0v) is 8.18. The second-order valence-corrected chi connectivity index (χ2v) is 3.58. The Morgan fingerprint density at radius 1 is 1.55 bits per heavy atom. The van der Waals surface area contributed by atoms with Crippen molar-refractivity contribution in [2.24, 2.45) is 0 Å². The number of hydrogen-bond acceptors (Lipinski definition) is 2. The number of likely N-dealkylation sites (tertiary alicyclic amines) is 1. The highest BCUT2D eigenvalue weighted by molar-refractivity contribution is 9.09. The van der Waals surface area contributed by atoms with Crippen LogP contribution in [0.1, 0.15) is 19.3 Å². The van der Waals surface area contributed by atoms with Crippen molar-refractivity contribution in [3.63, 3.8) is 0 Å². The van der Waals surface area contributed by atoms with Crippen LogP contribution >= 0.6 is 15.9 Å². The summed E-state index contributed by atoms with van der Waals surface area (Å²) in [7, 11) is 0. The van der Waals surface area contributed by atoms with E-state index in [1.54, 1.807) is 0 Å². The maximum atomic E-state index is 8.52. The zero-order valence-electron chi connectivity index (χ0n) is 6.59. The first kappa shape index (κ1) is 9.02. The zero-order chi connectivity index (χ0) is 8.10. The Labute approximate surface area is 76.3 Å². The quantitative estimate of drug-likeness (QED) is 0.520. The van der Waals surface area contributed by atoms with Crippen LogP contribution < -0.4 is 0 Å². The Morgan fingerprint density at radius 3 is 3.00 bits per heavy atom. The molecule has 0 aliphatic carbocycles. The van der Waals surface area contributed by atoms with Gasteiger partial charge in [-0.1, -0.05) is 22.4 Å². The molecule has 0 spiro atoms. The summed E-state index contributed by atoms with van der Waals surface area (Å²) in [6.45, 7) is 1.69. The summed E-state index contributed by atoms with van der Waals surface area (Å²) < 4.78 is 0. The molecule has 0 aromatic rings. The SMILES string of the molecule is N#CCN1CCCCC1CBr. The van der Waals surface area contributed by atoms with Crippen LogP contribution in [0.5, 0.6) is 0 Å². The molecule has 0 radical (unpaired) electrons. The van der Waals surface area contributed by atoms with Crippen LogP contribution in [0, 0.1) is 11.3 Å². The van der Waals surface area contributed by atoms with Gasteiger partial charge in [-0.2, -0.15) is 5.26 Å². The van der Waals surface area contributed by atoms with E-state index in [1.165, 1.54) is 19.3 Å². The van der Waals surface area contributed by atoms with Gasteiger partial charge in [-0.25, -0.2) is 0 Å². The van der Waals surface area contributed by atoms with Gasteiger partial charge in [0.1, 0.15) is 0 Å². The first-order valence-corrected chi connectivity index (χ1v) is 5.17. The molecule has 1 saturated heterocycles. The van der Waals surface area contributed by atoms with Crippen molar-refractivity contribution in [3.8, 4) is 6.07 Å². The third-order valence-corrected chi connectivity index (χ3v) is 2.95. The molecule has 0 saturated carbocycles. The van der Waals surface area contributed by atoms with Gasteiger partial charge in [0.2, 0.25) is 0 Å². The van der Waals surface area contributed by atoms with Gasteiger partial charge >= 0.3 is 0 Å². The van der Waals surface area contributed by atoms with Gasteiger partial charge in [-0.15, -0.1) is 0 Å². The van der Waals surface area contributed by atoms with Crippen LogP contribution in [0.4, 0.5) is 0 Å². The van der Waals surface area contributed by atoms with E-state index in [1.807, 2.05) is 0 Å². The molecule has 0 aromatic heterocycles. The van der Waals surface area contributed by atoms with Crippen molar-refractivity contribution in [1.82, 2.24) is 4.90 Å². The summed E-state index contributed by atoms with van der Waals surface area (Å²) in [6, 6.07) is 2.81. The van der Waals surface area contributed by atoms with Gasteiger partial charge in [-0.3, -0.25) is 4.90 Å². The fourth-order valence-corrected chi connectivity index (χ4v) is 2.27. The minimum atomic E-state index is 0.594. The van der Waals surface area contributed by atoms with Crippen LogP contribution in [0.3, 0.4) is 0 Å². The molecule has 62 valence electrons. The molecule has 2 nitrogen and oxygen atoms in total. The second kappa shape index (κ2) is 4.74. The van der Waals surface area contributed by atoms with E-state index in [4.69, 9.17) is 5.26 Å². The van der Waals surface area contributed by atoms with Gasteiger partial charge in [0.05, 0.1) is 12.6 Å². The summed E-state index contributed by atoms with van der Waals surface area (Å²) in [5.74, 6) is 0. The normalized spacial score (nSPS) is 26.4. The molecule has 1 fully saturated rings. The second-order valence-electron chi connectivity index (χ2n) is 2.93. The molecule has 0 bridgehead atoms. The van der Waals surface area contributed by atoms with Crippen LogP contribution in [-0.4, -0.2) is 29.4 Å². The number of nitriles is 1. The minimum Gasteiger partial charge on any atom is -0.287 e. The first-order chi connectivity index (χ1) is 5.38. The first-order valence-electron chi connectivity index (χ1n) is 4.05. The topological polar surface area (TPSA) is 27.0 Å². The summed E-state index contributed by atoms with van der Waals surface area (Å²) in [5.41, 5.74) is 0. The van der Waals surface area contributed by atoms with E-state index in [0.29, 0.717) is 12.6 Å². The van der Waals surface area contributed by atoms with Gasteiger partial charge in [0, 0.05) is 11.4 Å². The van der Waals surface area contributed by atoms with Gasteiger partial charge < -0.3 is 0 Å². The molecule has 1 heterocycles. The van der Waals surface area contributed by atoms with Crippen molar-refractivity contribution in [1.29, 1.82) is 5.26 Å². The number of hydrogen-bond donors (Lipinski definition) is 0. The number of piperidine rings is 1. The summed E-state index contributed by atoms with van der Waals surface area (Å²) in [4.78, 5) is 2.26. The van der Waals surface area contributed by atoms with Crippen molar-refractivity contribution in [2.75, 3.05) is 18.4 Å². The van der Waals surface area contributed by atoms with Crippen molar-refractivity contribution >= 4 is 15.9 Å². The Morgan fingerprint density at radius 2 is 2.36 bits per heavy atom. The predicted molar refractivity (Wildman–Crippen MR) is 48.6 cm³/mol. The lowest BCUT2D eigenvalue weighted by Crippen LogP contribution is -2.40. The fourth-order valence-electron chi connectivity index (χ4n) is 1.53. The average molecular weight is 217 g/mol. The Hall–Kier alpha value is -0.0700. The number of nitrogens with zero attached hydrogens (tertiary/aromatic N) is 2. The molecular weight excluding hydrogens is 204 g/mol. The van der Waals surface area contributed by atoms with E-state index in [-0.39, 0.29) is 0 Å². The summed E-state index contributed by atoms with van der Waals surface area (Å²) in [6.07, 6.45) is 3.82. The van der Waals surface area contributed by atoms with Crippen LogP contribution in [0.25, 0.3) is 0 Å². The molecular formula is C8H13BrN2. The lowest BCUT2D eigenvalue weighted by atomic mass is 10.0. The van der Waals surface area contributed by atoms with Crippen molar-refractivity contribution < 1.29 is 0 Å². The largest absolute Gasteiger partial charge is 0.287 e. The van der Waals surface area contributed by atoms with Gasteiger partial charge in [0.15, 0.2) is 0 Å². The monoisotopic (exact) mass is 216 g/mol.